The minimum absolute atomic E-state index is 0.635. The minimum atomic E-state index is 0.635. The summed E-state index contributed by atoms with van der Waals surface area (Å²) in [4.78, 5) is 5.09. The second-order valence-electron chi connectivity index (χ2n) is 4.52. The van der Waals surface area contributed by atoms with Gasteiger partial charge in [-0.2, -0.15) is 0 Å². The lowest BCUT2D eigenvalue weighted by Crippen LogP contribution is -2.51. The summed E-state index contributed by atoms with van der Waals surface area (Å²) in [6, 6.07) is 0.635. The van der Waals surface area contributed by atoms with Crippen molar-refractivity contribution in [1.82, 2.24) is 15.1 Å². The molecule has 0 amide bonds. The van der Waals surface area contributed by atoms with Gasteiger partial charge < -0.3 is 15.0 Å². The van der Waals surface area contributed by atoms with Gasteiger partial charge in [0.2, 0.25) is 0 Å². The lowest BCUT2D eigenvalue weighted by Gasteiger charge is -2.37. The monoisotopic (exact) mass is 229 g/mol. The van der Waals surface area contributed by atoms with Crippen LogP contribution in [0.5, 0.6) is 0 Å². The molecule has 0 aromatic heterocycles. The fraction of sp³-hybridized carbons (Fsp3) is 1.00. The zero-order valence-corrected chi connectivity index (χ0v) is 11.0. The van der Waals surface area contributed by atoms with Gasteiger partial charge in [0.15, 0.2) is 0 Å². The van der Waals surface area contributed by atoms with Gasteiger partial charge in [0.05, 0.1) is 6.61 Å². The van der Waals surface area contributed by atoms with Gasteiger partial charge in [-0.25, -0.2) is 0 Å². The fourth-order valence-electron chi connectivity index (χ4n) is 2.13. The van der Waals surface area contributed by atoms with Crippen LogP contribution in [0.25, 0.3) is 0 Å². The Morgan fingerprint density at radius 3 is 2.50 bits per heavy atom. The van der Waals surface area contributed by atoms with Crippen molar-refractivity contribution < 1.29 is 4.74 Å². The van der Waals surface area contributed by atoms with Crippen LogP contribution in [0.2, 0.25) is 0 Å². The number of hydrogen-bond acceptors (Lipinski definition) is 4. The Morgan fingerprint density at radius 1 is 1.25 bits per heavy atom. The molecule has 0 aromatic rings. The van der Waals surface area contributed by atoms with Crippen LogP contribution < -0.4 is 5.32 Å². The summed E-state index contributed by atoms with van der Waals surface area (Å²) < 4.78 is 5.01. The van der Waals surface area contributed by atoms with Crippen molar-refractivity contribution in [2.24, 2.45) is 0 Å². The fourth-order valence-corrected chi connectivity index (χ4v) is 2.13. The van der Waals surface area contributed by atoms with Gasteiger partial charge in [-0.1, -0.05) is 6.92 Å². The van der Waals surface area contributed by atoms with Crippen LogP contribution in [-0.4, -0.2) is 75.4 Å². The van der Waals surface area contributed by atoms with Crippen LogP contribution in [0.4, 0.5) is 0 Å². The summed E-state index contributed by atoms with van der Waals surface area (Å²) >= 11 is 0. The molecule has 4 nitrogen and oxygen atoms in total. The van der Waals surface area contributed by atoms with E-state index in [9.17, 15) is 0 Å². The Hall–Kier alpha value is -0.160. The van der Waals surface area contributed by atoms with Gasteiger partial charge in [0.1, 0.15) is 0 Å². The average Bonchev–Trinajstić information content (AvgIpc) is 2.34. The van der Waals surface area contributed by atoms with Gasteiger partial charge in [0.25, 0.3) is 0 Å². The molecule has 0 saturated carbocycles. The first kappa shape index (κ1) is 13.9. The molecular formula is C12H27N3O. The maximum atomic E-state index is 5.01. The molecule has 1 aliphatic heterocycles. The Morgan fingerprint density at radius 2 is 1.94 bits per heavy atom. The Balaban J connectivity index is 2.10. The summed E-state index contributed by atoms with van der Waals surface area (Å²) in [6.45, 7) is 13.4. The van der Waals surface area contributed by atoms with Crippen LogP contribution in [0, 0.1) is 0 Å². The van der Waals surface area contributed by atoms with E-state index < -0.39 is 0 Å². The van der Waals surface area contributed by atoms with E-state index in [0.29, 0.717) is 6.04 Å². The molecule has 1 fully saturated rings. The first-order chi connectivity index (χ1) is 7.77. The van der Waals surface area contributed by atoms with Crippen molar-refractivity contribution in [2.45, 2.75) is 19.9 Å². The van der Waals surface area contributed by atoms with Crippen molar-refractivity contribution in [3.05, 3.63) is 0 Å². The second-order valence-corrected chi connectivity index (χ2v) is 4.52. The molecule has 1 N–H and O–H groups in total. The molecule has 4 heteroatoms. The van der Waals surface area contributed by atoms with E-state index in [1.165, 1.54) is 32.7 Å². The summed E-state index contributed by atoms with van der Waals surface area (Å²) in [6.07, 6.45) is 0. The third-order valence-electron chi connectivity index (χ3n) is 3.40. The molecule has 0 bridgehead atoms. The SMILES string of the molecule is CCN1CCN(C(C)CNCCOC)CC1. The summed E-state index contributed by atoms with van der Waals surface area (Å²) in [7, 11) is 1.75. The zero-order valence-electron chi connectivity index (χ0n) is 11.0. The van der Waals surface area contributed by atoms with Gasteiger partial charge in [-0.3, -0.25) is 4.90 Å². The largest absolute Gasteiger partial charge is 0.383 e. The summed E-state index contributed by atoms with van der Waals surface area (Å²) in [5.41, 5.74) is 0. The van der Waals surface area contributed by atoms with Crippen molar-refractivity contribution in [3.8, 4) is 0 Å². The molecule has 16 heavy (non-hydrogen) atoms. The highest BCUT2D eigenvalue weighted by atomic mass is 16.5. The van der Waals surface area contributed by atoms with E-state index in [1.807, 2.05) is 0 Å². The number of ether oxygens (including phenoxy) is 1. The Labute approximate surface area is 99.9 Å². The van der Waals surface area contributed by atoms with Crippen LogP contribution in [-0.2, 0) is 4.74 Å². The number of nitrogens with one attached hydrogen (secondary N) is 1. The highest BCUT2D eigenvalue weighted by molar-refractivity contribution is 4.76. The van der Waals surface area contributed by atoms with Crippen molar-refractivity contribution in [1.29, 1.82) is 0 Å². The number of hydrogen-bond donors (Lipinski definition) is 1. The lowest BCUT2D eigenvalue weighted by atomic mass is 10.2. The van der Waals surface area contributed by atoms with Crippen LogP contribution in [0.3, 0.4) is 0 Å². The third-order valence-corrected chi connectivity index (χ3v) is 3.40. The number of methoxy groups -OCH3 is 1. The predicted molar refractivity (Wildman–Crippen MR) is 67.9 cm³/mol. The van der Waals surface area contributed by atoms with E-state index in [2.05, 4.69) is 29.0 Å². The lowest BCUT2D eigenvalue weighted by molar-refractivity contribution is 0.104. The molecule has 1 saturated heterocycles. The van der Waals surface area contributed by atoms with Crippen molar-refractivity contribution in [2.75, 3.05) is 59.5 Å². The maximum Gasteiger partial charge on any atom is 0.0587 e. The van der Waals surface area contributed by atoms with Gasteiger partial charge in [-0.15, -0.1) is 0 Å². The first-order valence-corrected chi connectivity index (χ1v) is 6.44. The molecule has 0 aliphatic carbocycles. The highest BCUT2D eigenvalue weighted by Crippen LogP contribution is 2.05. The average molecular weight is 229 g/mol. The topological polar surface area (TPSA) is 27.7 Å². The van der Waals surface area contributed by atoms with Crippen molar-refractivity contribution >= 4 is 0 Å². The number of rotatable bonds is 7. The summed E-state index contributed by atoms with van der Waals surface area (Å²) in [5, 5.41) is 3.43. The van der Waals surface area contributed by atoms with Crippen LogP contribution >= 0.6 is 0 Å². The van der Waals surface area contributed by atoms with E-state index in [-0.39, 0.29) is 0 Å². The third kappa shape index (κ3) is 4.78. The highest BCUT2D eigenvalue weighted by Gasteiger charge is 2.19. The van der Waals surface area contributed by atoms with Crippen molar-refractivity contribution in [3.63, 3.8) is 0 Å². The molecule has 96 valence electrons. The molecule has 1 unspecified atom stereocenters. The zero-order chi connectivity index (χ0) is 11.8. The van der Waals surface area contributed by atoms with Crippen LogP contribution in [0.1, 0.15) is 13.8 Å². The number of nitrogens with zero attached hydrogens (tertiary/aromatic N) is 2. The standard InChI is InChI=1S/C12H27N3O/c1-4-14-6-8-15(9-7-14)12(2)11-13-5-10-16-3/h12-13H,4-11H2,1-3H3. The maximum absolute atomic E-state index is 5.01. The molecule has 0 spiro atoms. The molecular weight excluding hydrogens is 202 g/mol. The second kappa shape index (κ2) is 8.01. The summed E-state index contributed by atoms with van der Waals surface area (Å²) in [5.74, 6) is 0. The quantitative estimate of drug-likeness (QED) is 0.633. The molecule has 1 aliphatic rings. The Bertz CT molecular complexity index is 170. The molecule has 1 heterocycles. The van der Waals surface area contributed by atoms with E-state index >= 15 is 0 Å². The van der Waals surface area contributed by atoms with E-state index in [4.69, 9.17) is 4.74 Å². The molecule has 1 atom stereocenters. The smallest absolute Gasteiger partial charge is 0.0587 e. The van der Waals surface area contributed by atoms with E-state index in [0.717, 1.165) is 19.7 Å². The van der Waals surface area contributed by atoms with Gasteiger partial charge in [0, 0.05) is 52.4 Å². The van der Waals surface area contributed by atoms with E-state index in [1.54, 1.807) is 7.11 Å². The number of piperazine rings is 1. The van der Waals surface area contributed by atoms with Gasteiger partial charge in [-0.05, 0) is 13.5 Å². The molecule has 0 aromatic carbocycles. The van der Waals surface area contributed by atoms with Gasteiger partial charge >= 0.3 is 0 Å². The number of likely N-dealkylation sites (N-methyl/N-ethyl adjacent to an activating group) is 1. The Kier molecular flexibility index (Phi) is 6.96. The molecule has 1 rings (SSSR count). The molecule has 0 radical (unpaired) electrons. The minimum Gasteiger partial charge on any atom is -0.383 e. The normalized spacial score (nSPS) is 21.2. The van der Waals surface area contributed by atoms with Crippen LogP contribution in [0.15, 0.2) is 0 Å². The first-order valence-electron chi connectivity index (χ1n) is 6.44. The predicted octanol–water partition coefficient (Wildman–Crippen LogP) is 0.248.